The molecule has 1 heterocycles. The first kappa shape index (κ1) is 11.9. The summed E-state index contributed by atoms with van der Waals surface area (Å²) >= 11 is 4.88. The van der Waals surface area contributed by atoms with Crippen LogP contribution in [0.4, 0.5) is 5.13 Å². The van der Waals surface area contributed by atoms with Gasteiger partial charge in [0.25, 0.3) is 0 Å². The number of anilines is 1. The highest BCUT2D eigenvalue weighted by molar-refractivity contribution is 9.10. The predicted molar refractivity (Wildman–Crippen MR) is 63.8 cm³/mol. The highest BCUT2D eigenvalue weighted by atomic mass is 79.9. The topological polar surface area (TPSA) is 45.1 Å². The molecule has 0 aliphatic rings. The first-order valence-corrected chi connectivity index (χ1v) is 6.29. The summed E-state index contributed by atoms with van der Waals surface area (Å²) in [6.07, 6.45) is 0.759. The summed E-state index contributed by atoms with van der Waals surface area (Å²) in [5, 5.41) is 15.1. The molecular formula is C9H15BrN2OS. The summed E-state index contributed by atoms with van der Waals surface area (Å²) in [5.74, 6) is 0.491. The highest BCUT2D eigenvalue weighted by Crippen LogP contribution is 2.22. The van der Waals surface area contributed by atoms with E-state index < -0.39 is 0 Å². The first-order chi connectivity index (χ1) is 6.63. The maximum atomic E-state index is 8.90. The summed E-state index contributed by atoms with van der Waals surface area (Å²) in [5.41, 5.74) is 0. The van der Waals surface area contributed by atoms with Crippen LogP contribution >= 0.6 is 27.3 Å². The molecule has 80 valence electrons. The van der Waals surface area contributed by atoms with Crippen molar-refractivity contribution in [1.29, 1.82) is 0 Å². The Kier molecular flexibility index (Phi) is 4.84. The van der Waals surface area contributed by atoms with Crippen LogP contribution in [0.5, 0.6) is 0 Å². The van der Waals surface area contributed by atoms with E-state index in [2.05, 4.69) is 40.1 Å². The average molecular weight is 279 g/mol. The van der Waals surface area contributed by atoms with Gasteiger partial charge >= 0.3 is 0 Å². The fraction of sp³-hybridized carbons (Fsp3) is 0.667. The quantitative estimate of drug-likeness (QED) is 0.871. The highest BCUT2D eigenvalue weighted by Gasteiger charge is 2.13. The lowest BCUT2D eigenvalue weighted by atomic mass is 10.0. The number of aromatic nitrogens is 1. The van der Waals surface area contributed by atoms with Crippen molar-refractivity contribution in [3.05, 3.63) is 9.98 Å². The second-order valence-electron chi connectivity index (χ2n) is 3.48. The van der Waals surface area contributed by atoms with E-state index in [1.165, 1.54) is 0 Å². The van der Waals surface area contributed by atoms with Crippen molar-refractivity contribution in [2.24, 2.45) is 5.92 Å². The fourth-order valence-corrected chi connectivity index (χ4v) is 2.40. The van der Waals surface area contributed by atoms with Gasteiger partial charge in [0.05, 0.1) is 0 Å². The van der Waals surface area contributed by atoms with Gasteiger partial charge in [-0.15, -0.1) is 11.3 Å². The molecule has 0 saturated heterocycles. The van der Waals surface area contributed by atoms with Gasteiger partial charge < -0.3 is 10.4 Å². The molecule has 1 aromatic rings. The van der Waals surface area contributed by atoms with Crippen LogP contribution in [0.1, 0.15) is 20.3 Å². The third-order valence-electron chi connectivity index (χ3n) is 2.03. The van der Waals surface area contributed by atoms with Gasteiger partial charge in [-0.05, 0) is 28.3 Å². The van der Waals surface area contributed by atoms with E-state index in [1.807, 2.05) is 5.38 Å². The maximum Gasteiger partial charge on any atom is 0.183 e. The van der Waals surface area contributed by atoms with Crippen LogP contribution < -0.4 is 5.32 Å². The SMILES string of the molecule is CC(C)C(CCO)Nc1nc(Br)cs1. The van der Waals surface area contributed by atoms with Gasteiger partial charge in [-0.25, -0.2) is 4.98 Å². The molecule has 0 radical (unpaired) electrons. The van der Waals surface area contributed by atoms with Crippen molar-refractivity contribution in [2.45, 2.75) is 26.3 Å². The van der Waals surface area contributed by atoms with Gasteiger partial charge in [-0.1, -0.05) is 13.8 Å². The molecule has 0 fully saturated rings. The second kappa shape index (κ2) is 5.68. The van der Waals surface area contributed by atoms with Crippen LogP contribution in [0.2, 0.25) is 0 Å². The molecule has 0 bridgehead atoms. The van der Waals surface area contributed by atoms with Gasteiger partial charge in [0.2, 0.25) is 0 Å². The van der Waals surface area contributed by atoms with Crippen LogP contribution in [-0.2, 0) is 0 Å². The molecular weight excluding hydrogens is 264 g/mol. The molecule has 14 heavy (non-hydrogen) atoms. The minimum Gasteiger partial charge on any atom is -0.396 e. The lowest BCUT2D eigenvalue weighted by Gasteiger charge is -2.20. The predicted octanol–water partition coefficient (Wildman–Crippen LogP) is 2.72. The Hall–Kier alpha value is -0.130. The second-order valence-corrected chi connectivity index (χ2v) is 5.15. The molecule has 1 rings (SSSR count). The normalized spacial score (nSPS) is 13.2. The van der Waals surface area contributed by atoms with Crippen LogP contribution in [0.3, 0.4) is 0 Å². The van der Waals surface area contributed by atoms with Crippen molar-refractivity contribution in [3.63, 3.8) is 0 Å². The molecule has 0 amide bonds. The zero-order chi connectivity index (χ0) is 10.6. The number of nitrogens with zero attached hydrogens (tertiary/aromatic N) is 1. The van der Waals surface area contributed by atoms with Gasteiger partial charge in [-0.3, -0.25) is 0 Å². The number of aliphatic hydroxyl groups is 1. The van der Waals surface area contributed by atoms with Gasteiger partial charge in [-0.2, -0.15) is 0 Å². The zero-order valence-corrected chi connectivity index (χ0v) is 10.7. The van der Waals surface area contributed by atoms with Crippen molar-refractivity contribution in [1.82, 2.24) is 4.98 Å². The lowest BCUT2D eigenvalue weighted by molar-refractivity contribution is 0.267. The minimum absolute atomic E-state index is 0.211. The van der Waals surface area contributed by atoms with Crippen molar-refractivity contribution in [3.8, 4) is 0 Å². The summed E-state index contributed by atoms with van der Waals surface area (Å²) in [6, 6.07) is 0.290. The molecule has 0 aromatic carbocycles. The van der Waals surface area contributed by atoms with E-state index in [9.17, 15) is 0 Å². The molecule has 1 atom stereocenters. The van der Waals surface area contributed by atoms with E-state index >= 15 is 0 Å². The van der Waals surface area contributed by atoms with E-state index in [-0.39, 0.29) is 12.6 Å². The number of halogens is 1. The number of rotatable bonds is 5. The number of nitrogens with one attached hydrogen (secondary N) is 1. The molecule has 5 heteroatoms. The van der Waals surface area contributed by atoms with Crippen molar-refractivity contribution >= 4 is 32.4 Å². The number of aliphatic hydroxyl groups excluding tert-OH is 1. The number of thiazole rings is 1. The van der Waals surface area contributed by atoms with E-state index in [0.717, 1.165) is 16.2 Å². The van der Waals surface area contributed by atoms with E-state index in [4.69, 9.17) is 5.11 Å². The molecule has 0 spiro atoms. The summed E-state index contributed by atoms with van der Waals surface area (Å²) in [4.78, 5) is 4.26. The van der Waals surface area contributed by atoms with Crippen molar-refractivity contribution < 1.29 is 5.11 Å². The van der Waals surface area contributed by atoms with Crippen LogP contribution in [0, 0.1) is 5.92 Å². The van der Waals surface area contributed by atoms with Gasteiger partial charge in [0.1, 0.15) is 4.60 Å². The molecule has 0 aliphatic carbocycles. The molecule has 0 saturated carbocycles. The van der Waals surface area contributed by atoms with Crippen LogP contribution in [0.15, 0.2) is 9.98 Å². The monoisotopic (exact) mass is 278 g/mol. The molecule has 0 aliphatic heterocycles. The fourth-order valence-electron chi connectivity index (χ4n) is 1.19. The minimum atomic E-state index is 0.211. The van der Waals surface area contributed by atoms with Crippen LogP contribution in [-0.4, -0.2) is 22.7 Å². The Morgan fingerprint density at radius 1 is 1.64 bits per heavy atom. The smallest absolute Gasteiger partial charge is 0.183 e. The first-order valence-electron chi connectivity index (χ1n) is 4.62. The van der Waals surface area contributed by atoms with Gasteiger partial charge in [0, 0.05) is 18.0 Å². The Balaban J connectivity index is 2.55. The van der Waals surface area contributed by atoms with E-state index in [1.54, 1.807) is 11.3 Å². The largest absolute Gasteiger partial charge is 0.396 e. The summed E-state index contributed by atoms with van der Waals surface area (Å²) in [7, 11) is 0. The Labute approximate surface area is 96.7 Å². The molecule has 3 nitrogen and oxygen atoms in total. The van der Waals surface area contributed by atoms with Crippen molar-refractivity contribution in [2.75, 3.05) is 11.9 Å². The summed E-state index contributed by atoms with van der Waals surface area (Å²) in [6.45, 7) is 4.48. The third kappa shape index (κ3) is 3.55. The Morgan fingerprint density at radius 2 is 2.36 bits per heavy atom. The Morgan fingerprint density at radius 3 is 2.79 bits per heavy atom. The molecule has 1 unspecified atom stereocenters. The lowest BCUT2D eigenvalue weighted by Crippen LogP contribution is -2.26. The summed E-state index contributed by atoms with van der Waals surface area (Å²) < 4.78 is 0.858. The van der Waals surface area contributed by atoms with E-state index in [0.29, 0.717) is 5.92 Å². The van der Waals surface area contributed by atoms with Gasteiger partial charge in [0.15, 0.2) is 5.13 Å². The Bertz CT molecular complexity index is 278. The molecule has 1 aromatic heterocycles. The third-order valence-corrected chi connectivity index (χ3v) is 3.51. The maximum absolute atomic E-state index is 8.90. The zero-order valence-electron chi connectivity index (χ0n) is 8.33. The molecule has 2 N–H and O–H groups in total. The van der Waals surface area contributed by atoms with Crippen LogP contribution in [0.25, 0.3) is 0 Å². The number of hydrogen-bond donors (Lipinski definition) is 2. The average Bonchev–Trinajstić information content (AvgIpc) is 2.50. The number of hydrogen-bond acceptors (Lipinski definition) is 4. The standard InChI is InChI=1S/C9H15BrN2OS/c1-6(2)7(3-4-13)11-9-12-8(10)5-14-9/h5-7,13H,3-4H2,1-2H3,(H,11,12).